The molecule has 0 atom stereocenters. The van der Waals surface area contributed by atoms with Crippen molar-refractivity contribution in [3.63, 3.8) is 0 Å². The van der Waals surface area contributed by atoms with Gasteiger partial charge in [-0.1, -0.05) is 25.5 Å². The first kappa shape index (κ1) is 24.3. The molecular formula is C24H27ClFN5O2. The fourth-order valence-corrected chi connectivity index (χ4v) is 3.67. The predicted octanol–water partition coefficient (Wildman–Crippen LogP) is 5.69. The number of aryl methyl sites for hydroxylation is 2. The van der Waals surface area contributed by atoms with E-state index in [4.69, 9.17) is 19.4 Å². The molecule has 4 aromatic rings. The van der Waals surface area contributed by atoms with Crippen molar-refractivity contribution in [2.24, 2.45) is 7.05 Å². The molecule has 0 bridgehead atoms. The van der Waals surface area contributed by atoms with Gasteiger partial charge in [-0.3, -0.25) is 4.68 Å². The predicted molar refractivity (Wildman–Crippen MR) is 130 cm³/mol. The van der Waals surface area contributed by atoms with Gasteiger partial charge in [-0.15, -0.1) is 12.4 Å². The highest BCUT2D eigenvalue weighted by molar-refractivity contribution is 5.91. The van der Waals surface area contributed by atoms with Gasteiger partial charge in [-0.05, 0) is 37.6 Å². The van der Waals surface area contributed by atoms with Gasteiger partial charge >= 0.3 is 0 Å². The summed E-state index contributed by atoms with van der Waals surface area (Å²) in [5.74, 6) is 1.49. The number of hydrogen-bond donors (Lipinski definition) is 1. The molecule has 2 aromatic heterocycles. The Morgan fingerprint density at radius 2 is 1.85 bits per heavy atom. The zero-order valence-electron chi connectivity index (χ0n) is 19.1. The standard InChI is InChI=1S/C24H26FN5O2.ClH/c1-5-9-18-21-22(30(3)29-18)24(26-15-12-13-20(31-4)17(25)14-15)28-23(27-21)16-10-7-8-11-19(16)32-6-2;/h7-8,10-14H,5-6,9H2,1-4H3,(H,26,27,28);1H. The molecular weight excluding hydrogens is 445 g/mol. The minimum Gasteiger partial charge on any atom is -0.494 e. The number of nitrogens with one attached hydrogen (secondary N) is 1. The highest BCUT2D eigenvalue weighted by Crippen LogP contribution is 2.33. The molecule has 0 radical (unpaired) electrons. The lowest BCUT2D eigenvalue weighted by Crippen LogP contribution is -2.03. The molecule has 33 heavy (non-hydrogen) atoms. The molecule has 0 aliphatic heterocycles. The van der Waals surface area contributed by atoms with E-state index in [1.807, 2.05) is 38.2 Å². The Kier molecular flexibility index (Phi) is 7.71. The normalized spacial score (nSPS) is 10.7. The Balaban J connectivity index is 0.00000306. The lowest BCUT2D eigenvalue weighted by Gasteiger charge is -2.13. The molecule has 0 unspecified atom stereocenters. The van der Waals surface area contributed by atoms with Crippen molar-refractivity contribution >= 4 is 34.9 Å². The minimum absolute atomic E-state index is 0. The van der Waals surface area contributed by atoms with Crippen LogP contribution in [0.1, 0.15) is 26.0 Å². The second-order valence-corrected chi connectivity index (χ2v) is 7.32. The Bertz CT molecular complexity index is 1260. The molecule has 4 rings (SSSR count). The summed E-state index contributed by atoms with van der Waals surface area (Å²) in [4.78, 5) is 9.67. The van der Waals surface area contributed by atoms with Gasteiger partial charge in [-0.2, -0.15) is 5.10 Å². The van der Waals surface area contributed by atoms with Crippen LogP contribution in [0.2, 0.25) is 0 Å². The van der Waals surface area contributed by atoms with Gasteiger partial charge in [0.05, 0.1) is 25.0 Å². The Labute approximate surface area is 198 Å². The van der Waals surface area contributed by atoms with Crippen molar-refractivity contribution in [1.29, 1.82) is 0 Å². The minimum atomic E-state index is -0.457. The smallest absolute Gasteiger partial charge is 0.167 e. The molecule has 2 aromatic carbocycles. The number of ether oxygens (including phenoxy) is 2. The molecule has 0 fully saturated rings. The van der Waals surface area contributed by atoms with E-state index in [0.717, 1.165) is 35.1 Å². The summed E-state index contributed by atoms with van der Waals surface area (Å²) >= 11 is 0. The molecule has 0 aliphatic carbocycles. The van der Waals surface area contributed by atoms with Gasteiger partial charge < -0.3 is 14.8 Å². The largest absolute Gasteiger partial charge is 0.494 e. The van der Waals surface area contributed by atoms with E-state index in [1.54, 1.807) is 16.8 Å². The Morgan fingerprint density at radius 3 is 2.55 bits per heavy atom. The van der Waals surface area contributed by atoms with Crippen LogP contribution in [0.4, 0.5) is 15.9 Å². The molecule has 7 nitrogen and oxygen atoms in total. The van der Waals surface area contributed by atoms with Gasteiger partial charge in [0.2, 0.25) is 0 Å². The quantitative estimate of drug-likeness (QED) is 0.355. The van der Waals surface area contributed by atoms with Gasteiger partial charge in [0.25, 0.3) is 0 Å². The molecule has 0 saturated carbocycles. The average molecular weight is 472 g/mol. The summed E-state index contributed by atoms with van der Waals surface area (Å²) in [6.45, 7) is 4.57. The first-order chi connectivity index (χ1) is 15.5. The summed E-state index contributed by atoms with van der Waals surface area (Å²) in [5.41, 5.74) is 3.74. The molecule has 0 saturated heterocycles. The number of halogens is 2. The molecule has 2 heterocycles. The number of nitrogens with zero attached hydrogens (tertiary/aromatic N) is 4. The average Bonchev–Trinajstić information content (AvgIpc) is 3.10. The fraction of sp³-hybridized carbons (Fsp3) is 0.292. The molecule has 1 N–H and O–H groups in total. The van der Waals surface area contributed by atoms with Gasteiger partial charge in [-0.25, -0.2) is 14.4 Å². The van der Waals surface area contributed by atoms with Crippen molar-refractivity contribution in [2.45, 2.75) is 26.7 Å². The molecule has 174 valence electrons. The van der Waals surface area contributed by atoms with Crippen LogP contribution in [0.5, 0.6) is 11.5 Å². The third-order valence-corrected chi connectivity index (χ3v) is 5.08. The van der Waals surface area contributed by atoms with Crippen molar-refractivity contribution < 1.29 is 13.9 Å². The second-order valence-electron chi connectivity index (χ2n) is 7.32. The summed E-state index contributed by atoms with van der Waals surface area (Å²) in [6.07, 6.45) is 1.73. The van der Waals surface area contributed by atoms with E-state index in [-0.39, 0.29) is 18.2 Å². The zero-order chi connectivity index (χ0) is 22.7. The fourth-order valence-electron chi connectivity index (χ4n) is 3.67. The summed E-state index contributed by atoms with van der Waals surface area (Å²) in [6, 6.07) is 12.4. The molecule has 0 amide bonds. The van der Waals surface area contributed by atoms with E-state index in [0.29, 0.717) is 29.7 Å². The number of hydrogen-bond acceptors (Lipinski definition) is 6. The lowest BCUT2D eigenvalue weighted by molar-refractivity contribution is 0.341. The monoisotopic (exact) mass is 471 g/mol. The van der Waals surface area contributed by atoms with E-state index in [2.05, 4.69) is 17.3 Å². The maximum absolute atomic E-state index is 14.3. The lowest BCUT2D eigenvalue weighted by atomic mass is 10.1. The van der Waals surface area contributed by atoms with Crippen LogP contribution in [0.25, 0.3) is 22.4 Å². The first-order valence-corrected chi connectivity index (χ1v) is 10.6. The van der Waals surface area contributed by atoms with E-state index in [1.165, 1.54) is 13.2 Å². The number of aromatic nitrogens is 4. The van der Waals surface area contributed by atoms with Crippen LogP contribution in [-0.2, 0) is 13.5 Å². The van der Waals surface area contributed by atoms with Crippen LogP contribution in [0, 0.1) is 5.82 Å². The topological polar surface area (TPSA) is 74.1 Å². The Morgan fingerprint density at radius 1 is 1.06 bits per heavy atom. The van der Waals surface area contributed by atoms with Gasteiger partial charge in [0.15, 0.2) is 23.2 Å². The van der Waals surface area contributed by atoms with E-state index in [9.17, 15) is 4.39 Å². The van der Waals surface area contributed by atoms with Gasteiger partial charge in [0.1, 0.15) is 16.8 Å². The zero-order valence-corrected chi connectivity index (χ0v) is 19.9. The second kappa shape index (κ2) is 10.5. The van der Waals surface area contributed by atoms with Crippen LogP contribution in [0.3, 0.4) is 0 Å². The van der Waals surface area contributed by atoms with Crippen molar-refractivity contribution in [1.82, 2.24) is 19.7 Å². The summed E-state index contributed by atoms with van der Waals surface area (Å²) in [5, 5.41) is 7.92. The molecule has 9 heteroatoms. The van der Waals surface area contributed by atoms with Crippen LogP contribution in [0.15, 0.2) is 42.5 Å². The van der Waals surface area contributed by atoms with E-state index >= 15 is 0 Å². The first-order valence-electron chi connectivity index (χ1n) is 10.6. The number of rotatable bonds is 8. The number of methoxy groups -OCH3 is 1. The van der Waals surface area contributed by atoms with E-state index < -0.39 is 5.82 Å². The van der Waals surface area contributed by atoms with Crippen LogP contribution < -0.4 is 14.8 Å². The van der Waals surface area contributed by atoms with Gasteiger partial charge in [0, 0.05) is 18.8 Å². The number of fused-ring (bicyclic) bond motifs is 1. The maximum atomic E-state index is 14.3. The van der Waals surface area contributed by atoms with Crippen molar-refractivity contribution in [3.8, 4) is 22.9 Å². The number of para-hydroxylation sites is 1. The number of anilines is 2. The third kappa shape index (κ3) is 4.85. The number of benzene rings is 2. The van der Waals surface area contributed by atoms with Crippen LogP contribution in [-0.4, -0.2) is 33.5 Å². The Hall–Kier alpha value is -3.39. The SMILES string of the molecule is CCCc1nn(C)c2c(Nc3ccc(OC)c(F)c3)nc(-c3ccccc3OCC)nc12.Cl. The van der Waals surface area contributed by atoms with Crippen LogP contribution >= 0.6 is 12.4 Å². The highest BCUT2D eigenvalue weighted by atomic mass is 35.5. The molecule has 0 spiro atoms. The maximum Gasteiger partial charge on any atom is 0.167 e. The van der Waals surface area contributed by atoms with Crippen molar-refractivity contribution in [2.75, 3.05) is 19.0 Å². The molecule has 0 aliphatic rings. The summed E-state index contributed by atoms with van der Waals surface area (Å²) in [7, 11) is 3.30. The highest BCUT2D eigenvalue weighted by Gasteiger charge is 2.20. The summed E-state index contributed by atoms with van der Waals surface area (Å²) < 4.78 is 26.9. The third-order valence-electron chi connectivity index (χ3n) is 5.08. The van der Waals surface area contributed by atoms with Crippen molar-refractivity contribution in [3.05, 3.63) is 54.0 Å².